The number of nitrogens with zero attached hydrogens (tertiary/aromatic N) is 3. The van der Waals surface area contributed by atoms with E-state index in [2.05, 4.69) is 46.0 Å². The first-order valence-corrected chi connectivity index (χ1v) is 11.0. The van der Waals surface area contributed by atoms with Gasteiger partial charge in [0.05, 0.1) is 7.11 Å². The molecule has 7 heteroatoms. The van der Waals surface area contributed by atoms with Gasteiger partial charge in [0.25, 0.3) is 0 Å². The summed E-state index contributed by atoms with van der Waals surface area (Å²) < 4.78 is 7.44. The van der Waals surface area contributed by atoms with Crippen LogP contribution in [0, 0.1) is 6.92 Å². The number of rotatable bonds is 6. The first-order valence-electron chi connectivity index (χ1n) is 9.29. The zero-order chi connectivity index (χ0) is 21.1. The second kappa shape index (κ2) is 9.13. The molecular weight excluding hydrogens is 437 g/mol. The molecule has 0 saturated heterocycles. The number of aryl methyl sites for hydroxylation is 1. The van der Waals surface area contributed by atoms with Crippen LogP contribution in [-0.2, 0) is 5.75 Å². The van der Waals surface area contributed by atoms with Gasteiger partial charge < -0.3 is 4.74 Å². The molecule has 3 aromatic carbocycles. The number of aromatic nitrogens is 3. The Balaban J connectivity index is 1.74. The van der Waals surface area contributed by atoms with Crippen molar-refractivity contribution in [3.05, 3.63) is 87.9 Å². The van der Waals surface area contributed by atoms with Gasteiger partial charge in [-0.2, -0.15) is 0 Å². The monoisotopic (exact) mass is 455 g/mol. The molecule has 0 bridgehead atoms. The van der Waals surface area contributed by atoms with Gasteiger partial charge in [-0.15, -0.1) is 10.2 Å². The molecule has 4 nitrogen and oxygen atoms in total. The predicted molar refractivity (Wildman–Crippen MR) is 124 cm³/mol. The molecule has 0 aliphatic carbocycles. The molecule has 4 rings (SSSR count). The second-order valence-corrected chi connectivity index (χ2v) is 8.52. The van der Waals surface area contributed by atoms with Crippen LogP contribution in [0.3, 0.4) is 0 Å². The molecular formula is C23H19Cl2N3OS. The second-order valence-electron chi connectivity index (χ2n) is 6.73. The molecule has 0 aliphatic rings. The minimum absolute atomic E-state index is 0.622. The van der Waals surface area contributed by atoms with Crippen LogP contribution in [0.25, 0.3) is 17.1 Å². The van der Waals surface area contributed by atoms with Crippen LogP contribution in [-0.4, -0.2) is 21.9 Å². The minimum Gasteiger partial charge on any atom is -0.497 e. The summed E-state index contributed by atoms with van der Waals surface area (Å²) in [5, 5.41) is 11.0. The number of hydrogen-bond donors (Lipinski definition) is 0. The lowest BCUT2D eigenvalue weighted by Crippen LogP contribution is -2.00. The number of hydrogen-bond acceptors (Lipinski definition) is 4. The van der Waals surface area contributed by atoms with Crippen molar-refractivity contribution in [2.75, 3.05) is 7.11 Å². The van der Waals surface area contributed by atoms with E-state index in [9.17, 15) is 0 Å². The Bertz CT molecular complexity index is 1180. The molecule has 0 saturated carbocycles. The highest BCUT2D eigenvalue weighted by Crippen LogP contribution is 2.33. The van der Waals surface area contributed by atoms with E-state index in [4.69, 9.17) is 27.9 Å². The first kappa shape index (κ1) is 20.8. The molecule has 1 heterocycles. The highest BCUT2D eigenvalue weighted by molar-refractivity contribution is 7.98. The fourth-order valence-corrected chi connectivity index (χ4v) is 4.53. The summed E-state index contributed by atoms with van der Waals surface area (Å²) in [4.78, 5) is 0. The SMILES string of the molecule is COc1cccc(-c2nnc(SCc3ccc(Cl)cc3Cl)n2-c2ccc(C)cc2)c1. The predicted octanol–water partition coefficient (Wildman–Crippen LogP) is 6.85. The topological polar surface area (TPSA) is 39.9 Å². The van der Waals surface area contributed by atoms with Gasteiger partial charge in [0.2, 0.25) is 0 Å². The van der Waals surface area contributed by atoms with Crippen molar-refractivity contribution >= 4 is 35.0 Å². The molecule has 30 heavy (non-hydrogen) atoms. The molecule has 1 aromatic heterocycles. The Kier molecular flexibility index (Phi) is 6.32. The lowest BCUT2D eigenvalue weighted by Gasteiger charge is -2.12. The quantitative estimate of drug-likeness (QED) is 0.298. The largest absolute Gasteiger partial charge is 0.497 e. The van der Waals surface area contributed by atoms with E-state index in [-0.39, 0.29) is 0 Å². The molecule has 0 radical (unpaired) electrons. The molecule has 0 N–H and O–H groups in total. The van der Waals surface area contributed by atoms with E-state index in [1.807, 2.05) is 36.4 Å². The van der Waals surface area contributed by atoms with Crippen molar-refractivity contribution in [2.45, 2.75) is 17.8 Å². The Morgan fingerprint density at radius 1 is 0.967 bits per heavy atom. The van der Waals surface area contributed by atoms with Gasteiger partial charge in [-0.05, 0) is 48.9 Å². The minimum atomic E-state index is 0.622. The van der Waals surface area contributed by atoms with E-state index >= 15 is 0 Å². The maximum Gasteiger partial charge on any atom is 0.196 e. The number of ether oxygens (including phenoxy) is 1. The van der Waals surface area contributed by atoms with Crippen molar-refractivity contribution in [1.82, 2.24) is 14.8 Å². The summed E-state index contributed by atoms with van der Waals surface area (Å²) in [7, 11) is 1.65. The summed E-state index contributed by atoms with van der Waals surface area (Å²) in [6, 6.07) is 21.7. The third kappa shape index (κ3) is 4.48. The molecule has 0 spiro atoms. The van der Waals surface area contributed by atoms with Crippen LogP contribution >= 0.6 is 35.0 Å². The number of benzene rings is 3. The van der Waals surface area contributed by atoms with Gasteiger partial charge in [0.1, 0.15) is 5.75 Å². The average molecular weight is 456 g/mol. The molecule has 0 atom stereocenters. The summed E-state index contributed by atoms with van der Waals surface area (Å²) in [5.74, 6) is 2.17. The van der Waals surface area contributed by atoms with Crippen LogP contribution < -0.4 is 4.74 Å². The van der Waals surface area contributed by atoms with Crippen molar-refractivity contribution in [2.24, 2.45) is 0 Å². The van der Waals surface area contributed by atoms with E-state index in [1.54, 1.807) is 24.9 Å². The number of thioether (sulfide) groups is 1. The van der Waals surface area contributed by atoms with Crippen molar-refractivity contribution in [3.63, 3.8) is 0 Å². The van der Waals surface area contributed by atoms with Crippen molar-refractivity contribution in [3.8, 4) is 22.8 Å². The summed E-state index contributed by atoms with van der Waals surface area (Å²) in [6.07, 6.45) is 0. The van der Waals surface area contributed by atoms with Crippen LogP contribution in [0.2, 0.25) is 10.0 Å². The molecule has 0 aliphatic heterocycles. The summed E-state index contributed by atoms with van der Waals surface area (Å²) in [6.45, 7) is 2.07. The normalized spacial score (nSPS) is 10.9. The lowest BCUT2D eigenvalue weighted by molar-refractivity contribution is 0.415. The van der Waals surface area contributed by atoms with E-state index in [1.165, 1.54) is 5.56 Å². The Morgan fingerprint density at radius 3 is 2.50 bits per heavy atom. The number of halogens is 2. The third-order valence-corrected chi connectivity index (χ3v) is 6.19. The molecule has 152 valence electrons. The maximum atomic E-state index is 6.35. The van der Waals surface area contributed by atoms with Gasteiger partial charge in [0.15, 0.2) is 11.0 Å². The molecule has 0 unspecified atom stereocenters. The molecule has 4 aromatic rings. The van der Waals surface area contributed by atoms with Crippen molar-refractivity contribution in [1.29, 1.82) is 0 Å². The van der Waals surface area contributed by atoms with Crippen molar-refractivity contribution < 1.29 is 4.74 Å². The van der Waals surface area contributed by atoms with Crippen LogP contribution in [0.4, 0.5) is 0 Å². The molecule has 0 amide bonds. The highest BCUT2D eigenvalue weighted by Gasteiger charge is 2.17. The highest BCUT2D eigenvalue weighted by atomic mass is 35.5. The maximum absolute atomic E-state index is 6.35. The van der Waals surface area contributed by atoms with Gasteiger partial charge in [-0.3, -0.25) is 4.57 Å². The Hall–Kier alpha value is -2.47. The Morgan fingerprint density at radius 2 is 1.77 bits per heavy atom. The zero-order valence-corrected chi connectivity index (χ0v) is 18.8. The van der Waals surface area contributed by atoms with Gasteiger partial charge in [0, 0.05) is 27.0 Å². The summed E-state index contributed by atoms with van der Waals surface area (Å²) >= 11 is 13.9. The number of methoxy groups -OCH3 is 1. The van der Waals surface area contributed by atoms with E-state index < -0.39 is 0 Å². The Labute approximate surface area is 189 Å². The zero-order valence-electron chi connectivity index (χ0n) is 16.5. The fourth-order valence-electron chi connectivity index (χ4n) is 3.02. The van der Waals surface area contributed by atoms with Crippen LogP contribution in [0.1, 0.15) is 11.1 Å². The van der Waals surface area contributed by atoms with Crippen LogP contribution in [0.15, 0.2) is 71.9 Å². The van der Waals surface area contributed by atoms with Gasteiger partial charge >= 0.3 is 0 Å². The summed E-state index contributed by atoms with van der Waals surface area (Å²) in [5.41, 5.74) is 4.11. The van der Waals surface area contributed by atoms with Gasteiger partial charge in [-0.25, -0.2) is 0 Å². The first-order chi connectivity index (χ1) is 14.5. The molecule has 0 fully saturated rings. The average Bonchev–Trinajstić information content (AvgIpc) is 3.17. The third-order valence-electron chi connectivity index (χ3n) is 4.63. The smallest absolute Gasteiger partial charge is 0.196 e. The lowest BCUT2D eigenvalue weighted by atomic mass is 10.2. The standard InChI is InChI=1S/C23H19Cl2N3OS/c1-15-6-10-19(11-7-15)28-22(16-4-3-5-20(12-16)29-2)26-27-23(28)30-14-17-8-9-18(24)13-21(17)25/h3-13H,14H2,1-2H3. The fraction of sp³-hybridized carbons (Fsp3) is 0.130. The van der Waals surface area contributed by atoms with E-state index in [0.29, 0.717) is 15.8 Å². The van der Waals surface area contributed by atoms with Gasteiger partial charge in [-0.1, -0.05) is 70.9 Å². The van der Waals surface area contributed by atoms with Crippen LogP contribution in [0.5, 0.6) is 5.75 Å². The van der Waals surface area contributed by atoms with E-state index in [0.717, 1.165) is 33.5 Å².